The van der Waals surface area contributed by atoms with Crippen LogP contribution in [0.25, 0.3) is 10.8 Å². The molecule has 4 heteroatoms. The van der Waals surface area contributed by atoms with Gasteiger partial charge in [-0.25, -0.2) is 4.79 Å². The number of fused-ring (bicyclic) bond motifs is 1. The maximum atomic E-state index is 11.6. The summed E-state index contributed by atoms with van der Waals surface area (Å²) in [6, 6.07) is 13.5. The van der Waals surface area contributed by atoms with E-state index in [1.165, 1.54) is 0 Å². The van der Waals surface area contributed by atoms with E-state index in [2.05, 4.69) is 5.32 Å². The molecule has 1 N–H and O–H groups in total. The van der Waals surface area contributed by atoms with Gasteiger partial charge in [0.2, 0.25) is 0 Å². The Bertz CT molecular complexity index is 639. The first-order valence-electron chi connectivity index (χ1n) is 7.59. The maximum absolute atomic E-state index is 11.6. The minimum atomic E-state index is -0.574. The molecule has 0 aliphatic heterocycles. The van der Waals surface area contributed by atoms with Gasteiger partial charge < -0.3 is 14.8 Å². The number of nitrogens with one attached hydrogen (secondary N) is 1. The highest BCUT2D eigenvalue weighted by atomic mass is 16.5. The number of aldehydes is 1. The summed E-state index contributed by atoms with van der Waals surface area (Å²) in [5.74, 6) is 0. The summed E-state index contributed by atoms with van der Waals surface area (Å²) in [4.78, 5) is 22.8. The molecular formula is C18H21NO3. The Morgan fingerprint density at radius 3 is 2.73 bits per heavy atom. The van der Waals surface area contributed by atoms with Crippen LogP contribution in [0.3, 0.4) is 0 Å². The molecule has 0 saturated carbocycles. The number of unbranched alkanes of at least 4 members (excludes halogenated alkanes) is 1. The van der Waals surface area contributed by atoms with Crippen molar-refractivity contribution in [2.75, 3.05) is 6.61 Å². The van der Waals surface area contributed by atoms with Crippen molar-refractivity contribution in [3.05, 3.63) is 48.0 Å². The van der Waals surface area contributed by atoms with Crippen molar-refractivity contribution in [3.8, 4) is 0 Å². The lowest BCUT2D eigenvalue weighted by Gasteiger charge is -2.13. The summed E-state index contributed by atoms with van der Waals surface area (Å²) in [6.07, 6.45) is 2.45. The number of benzene rings is 2. The highest BCUT2D eigenvalue weighted by Crippen LogP contribution is 2.16. The zero-order valence-electron chi connectivity index (χ0n) is 12.7. The van der Waals surface area contributed by atoms with Crippen molar-refractivity contribution in [3.63, 3.8) is 0 Å². The molecule has 1 amide bonds. The van der Waals surface area contributed by atoms with Gasteiger partial charge in [-0.1, -0.05) is 55.8 Å². The van der Waals surface area contributed by atoms with Crippen LogP contribution in [-0.4, -0.2) is 25.0 Å². The van der Waals surface area contributed by atoms with Gasteiger partial charge in [-0.2, -0.15) is 0 Å². The lowest BCUT2D eigenvalue weighted by atomic mass is 10.0. The molecule has 1 atom stereocenters. The Kier molecular flexibility index (Phi) is 5.95. The van der Waals surface area contributed by atoms with E-state index >= 15 is 0 Å². The zero-order chi connectivity index (χ0) is 15.8. The molecule has 22 heavy (non-hydrogen) atoms. The number of alkyl carbamates (subject to hydrolysis) is 1. The number of rotatable bonds is 7. The van der Waals surface area contributed by atoms with Gasteiger partial charge in [0.1, 0.15) is 6.29 Å². The number of ether oxygens (including phenoxy) is 1. The first-order valence-corrected chi connectivity index (χ1v) is 7.59. The Morgan fingerprint density at radius 1 is 1.23 bits per heavy atom. The second-order valence-electron chi connectivity index (χ2n) is 5.26. The predicted octanol–water partition coefficient (Wildman–Crippen LogP) is 3.48. The fourth-order valence-corrected chi connectivity index (χ4v) is 2.26. The molecule has 2 rings (SSSR count). The molecule has 0 saturated heterocycles. The molecule has 2 aromatic rings. The lowest BCUT2D eigenvalue weighted by Crippen LogP contribution is -2.38. The highest BCUT2D eigenvalue weighted by molar-refractivity contribution is 5.83. The number of carbonyl (C=O) groups is 2. The van der Waals surface area contributed by atoms with E-state index in [1.54, 1.807) is 0 Å². The molecule has 0 aliphatic rings. The Morgan fingerprint density at radius 2 is 2.00 bits per heavy atom. The molecule has 116 valence electrons. The van der Waals surface area contributed by atoms with E-state index in [0.717, 1.165) is 35.5 Å². The summed E-state index contributed by atoms with van der Waals surface area (Å²) >= 11 is 0. The van der Waals surface area contributed by atoms with Gasteiger partial charge in [0.15, 0.2) is 0 Å². The molecule has 2 aromatic carbocycles. The average molecular weight is 299 g/mol. The third-order valence-corrected chi connectivity index (χ3v) is 3.47. The van der Waals surface area contributed by atoms with Gasteiger partial charge in [0.25, 0.3) is 0 Å². The molecule has 0 bridgehead atoms. The van der Waals surface area contributed by atoms with Gasteiger partial charge in [0.05, 0.1) is 12.6 Å². The summed E-state index contributed by atoms with van der Waals surface area (Å²) in [7, 11) is 0. The summed E-state index contributed by atoms with van der Waals surface area (Å²) < 4.78 is 5.01. The molecule has 0 spiro atoms. The second-order valence-corrected chi connectivity index (χ2v) is 5.26. The van der Waals surface area contributed by atoms with Gasteiger partial charge in [-0.3, -0.25) is 0 Å². The lowest BCUT2D eigenvalue weighted by molar-refractivity contribution is -0.109. The Balaban J connectivity index is 1.96. The topological polar surface area (TPSA) is 55.4 Å². The quantitative estimate of drug-likeness (QED) is 0.629. The van der Waals surface area contributed by atoms with Crippen LogP contribution in [0.2, 0.25) is 0 Å². The zero-order valence-corrected chi connectivity index (χ0v) is 12.7. The summed E-state index contributed by atoms with van der Waals surface area (Å²) in [5, 5.41) is 4.87. The second kappa shape index (κ2) is 8.17. The Labute approximate surface area is 130 Å². The van der Waals surface area contributed by atoms with E-state index in [9.17, 15) is 9.59 Å². The Hall–Kier alpha value is -2.36. The van der Waals surface area contributed by atoms with Gasteiger partial charge >= 0.3 is 6.09 Å². The first kappa shape index (κ1) is 16.0. The van der Waals surface area contributed by atoms with Crippen LogP contribution < -0.4 is 5.32 Å². The van der Waals surface area contributed by atoms with E-state index < -0.39 is 12.1 Å². The monoisotopic (exact) mass is 299 g/mol. The van der Waals surface area contributed by atoms with E-state index in [4.69, 9.17) is 4.74 Å². The third kappa shape index (κ3) is 4.58. The van der Waals surface area contributed by atoms with E-state index in [-0.39, 0.29) is 0 Å². The normalized spacial score (nSPS) is 11.9. The summed E-state index contributed by atoms with van der Waals surface area (Å²) in [5.41, 5.74) is 1.00. The molecule has 4 nitrogen and oxygen atoms in total. The van der Waals surface area contributed by atoms with Gasteiger partial charge in [0, 0.05) is 0 Å². The highest BCUT2D eigenvalue weighted by Gasteiger charge is 2.13. The SMILES string of the molecule is CCCCOC(=O)NC(C=O)Cc1ccc2ccccc2c1. The van der Waals surface area contributed by atoms with Crippen molar-refractivity contribution in [2.45, 2.75) is 32.2 Å². The van der Waals surface area contributed by atoms with Crippen LogP contribution in [0, 0.1) is 0 Å². The third-order valence-electron chi connectivity index (χ3n) is 3.47. The van der Waals surface area contributed by atoms with E-state index in [1.807, 2.05) is 49.4 Å². The van der Waals surface area contributed by atoms with E-state index in [0.29, 0.717) is 13.0 Å². The standard InChI is InChI=1S/C18H21NO3/c1-2-3-10-22-18(21)19-17(13-20)12-14-8-9-15-6-4-5-7-16(15)11-14/h4-9,11,13,17H,2-3,10,12H2,1H3,(H,19,21). The smallest absolute Gasteiger partial charge is 0.407 e. The van der Waals surface area contributed by atoms with Crippen LogP contribution in [0.15, 0.2) is 42.5 Å². The van der Waals surface area contributed by atoms with Crippen molar-refractivity contribution in [2.24, 2.45) is 0 Å². The minimum Gasteiger partial charge on any atom is -0.450 e. The first-order chi connectivity index (χ1) is 10.7. The number of amides is 1. The van der Waals surface area contributed by atoms with Crippen LogP contribution in [0.4, 0.5) is 4.79 Å². The summed E-state index contributed by atoms with van der Waals surface area (Å²) in [6.45, 7) is 2.40. The molecule has 0 radical (unpaired) electrons. The fourth-order valence-electron chi connectivity index (χ4n) is 2.26. The fraction of sp³-hybridized carbons (Fsp3) is 0.333. The van der Waals surface area contributed by atoms with Gasteiger partial charge in [-0.15, -0.1) is 0 Å². The number of hydrogen-bond acceptors (Lipinski definition) is 3. The van der Waals surface area contributed by atoms with Crippen molar-refractivity contribution in [1.29, 1.82) is 0 Å². The number of carbonyl (C=O) groups excluding carboxylic acids is 2. The minimum absolute atomic E-state index is 0.379. The molecule has 0 aliphatic carbocycles. The molecule has 1 unspecified atom stereocenters. The molecule has 0 heterocycles. The van der Waals surface area contributed by atoms with Crippen molar-refractivity contribution >= 4 is 23.2 Å². The van der Waals surface area contributed by atoms with Crippen LogP contribution in [-0.2, 0) is 16.0 Å². The van der Waals surface area contributed by atoms with Crippen molar-refractivity contribution in [1.82, 2.24) is 5.32 Å². The number of hydrogen-bond donors (Lipinski definition) is 1. The molecule has 0 fully saturated rings. The maximum Gasteiger partial charge on any atom is 0.407 e. The van der Waals surface area contributed by atoms with Crippen molar-refractivity contribution < 1.29 is 14.3 Å². The average Bonchev–Trinajstić information content (AvgIpc) is 2.54. The van der Waals surface area contributed by atoms with Gasteiger partial charge in [-0.05, 0) is 29.2 Å². The van der Waals surface area contributed by atoms with Crippen LogP contribution in [0.1, 0.15) is 25.3 Å². The molecular weight excluding hydrogens is 278 g/mol. The predicted molar refractivity (Wildman–Crippen MR) is 86.9 cm³/mol. The van der Waals surface area contributed by atoms with Crippen LogP contribution >= 0.6 is 0 Å². The molecule has 0 aromatic heterocycles. The van der Waals surface area contributed by atoms with Crippen LogP contribution in [0.5, 0.6) is 0 Å². The largest absolute Gasteiger partial charge is 0.450 e.